The Morgan fingerprint density at radius 2 is 1.78 bits per heavy atom. The van der Waals surface area contributed by atoms with Crippen LogP contribution in [0.25, 0.3) is 11.6 Å². The Hall–Kier alpha value is -2.79. The number of benzene rings is 3. The zero-order valence-electron chi connectivity index (χ0n) is 17.3. The highest BCUT2D eigenvalue weighted by molar-refractivity contribution is 9.10. The zero-order valence-corrected chi connectivity index (χ0v) is 20.5. The Labute approximate surface area is 201 Å². The van der Waals surface area contributed by atoms with Crippen molar-refractivity contribution >= 4 is 49.3 Å². The monoisotopic (exact) mass is 531 g/mol. The molecule has 0 atom stereocenters. The van der Waals surface area contributed by atoms with Crippen molar-refractivity contribution in [3.63, 3.8) is 0 Å². The molecule has 0 spiro atoms. The van der Waals surface area contributed by atoms with Gasteiger partial charge in [-0.2, -0.15) is 13.7 Å². The van der Waals surface area contributed by atoms with Gasteiger partial charge in [0.15, 0.2) is 5.75 Å². The van der Waals surface area contributed by atoms with Gasteiger partial charge in [0, 0.05) is 4.47 Å². The molecule has 0 heterocycles. The van der Waals surface area contributed by atoms with Crippen molar-refractivity contribution in [2.24, 2.45) is 0 Å². The van der Waals surface area contributed by atoms with Gasteiger partial charge >= 0.3 is 10.1 Å². The van der Waals surface area contributed by atoms with E-state index < -0.39 is 10.1 Å². The second-order valence-electron chi connectivity index (χ2n) is 6.79. The maximum Gasteiger partial charge on any atom is 0.339 e. The first-order valence-electron chi connectivity index (χ1n) is 9.58. The number of allylic oxidation sites excluding steroid dienone is 1. The Morgan fingerprint density at radius 3 is 2.38 bits per heavy atom. The average molecular weight is 533 g/mol. The number of halogens is 2. The summed E-state index contributed by atoms with van der Waals surface area (Å²) in [6.45, 7) is 3.89. The lowest BCUT2D eigenvalue weighted by atomic mass is 10.0. The second kappa shape index (κ2) is 10.2. The van der Waals surface area contributed by atoms with Crippen LogP contribution in [0.3, 0.4) is 0 Å². The molecule has 0 saturated carbocycles. The van der Waals surface area contributed by atoms with E-state index in [1.807, 2.05) is 31.2 Å². The number of nitrogens with zero attached hydrogens (tertiary/aromatic N) is 1. The summed E-state index contributed by atoms with van der Waals surface area (Å²) in [7, 11) is -4.12. The van der Waals surface area contributed by atoms with Crippen LogP contribution in [-0.2, 0) is 10.1 Å². The van der Waals surface area contributed by atoms with E-state index in [1.54, 1.807) is 31.2 Å². The molecule has 0 N–H and O–H groups in total. The summed E-state index contributed by atoms with van der Waals surface area (Å²) in [5.41, 5.74) is 2.63. The normalized spacial score (nSPS) is 11.7. The summed E-state index contributed by atoms with van der Waals surface area (Å²) in [6.07, 6.45) is 1.65. The number of aryl methyl sites for hydroxylation is 1. The van der Waals surface area contributed by atoms with Gasteiger partial charge in [0.25, 0.3) is 0 Å². The fourth-order valence-corrected chi connectivity index (χ4v) is 4.38. The van der Waals surface area contributed by atoms with E-state index in [0.29, 0.717) is 11.1 Å². The van der Waals surface area contributed by atoms with Crippen molar-refractivity contribution in [2.45, 2.75) is 18.7 Å². The third kappa shape index (κ3) is 5.71. The van der Waals surface area contributed by atoms with E-state index in [1.165, 1.54) is 18.2 Å². The molecule has 0 amide bonds. The average Bonchev–Trinajstić information content (AvgIpc) is 2.75. The van der Waals surface area contributed by atoms with Crippen molar-refractivity contribution < 1.29 is 17.3 Å². The molecular formula is C24H19BrClNO4S. The van der Waals surface area contributed by atoms with Gasteiger partial charge in [0.1, 0.15) is 4.90 Å². The van der Waals surface area contributed by atoms with Gasteiger partial charge in [-0.1, -0.05) is 57.4 Å². The van der Waals surface area contributed by atoms with Crippen LogP contribution in [-0.4, -0.2) is 15.0 Å². The van der Waals surface area contributed by atoms with Crippen molar-refractivity contribution in [1.82, 2.24) is 0 Å². The van der Waals surface area contributed by atoms with Gasteiger partial charge < -0.3 is 8.92 Å². The van der Waals surface area contributed by atoms with Crippen LogP contribution in [0.1, 0.15) is 23.6 Å². The van der Waals surface area contributed by atoms with E-state index >= 15 is 0 Å². The lowest BCUT2D eigenvalue weighted by Crippen LogP contribution is -2.11. The van der Waals surface area contributed by atoms with Crippen molar-refractivity contribution in [3.05, 3.63) is 86.8 Å². The summed E-state index contributed by atoms with van der Waals surface area (Å²) in [6, 6.07) is 18.9. The number of rotatable bonds is 7. The minimum Gasteiger partial charge on any atom is -0.490 e. The molecule has 3 rings (SSSR count). The lowest BCUT2D eigenvalue weighted by molar-refractivity contribution is 0.327. The summed E-state index contributed by atoms with van der Waals surface area (Å²) in [5, 5.41) is 9.65. The topological polar surface area (TPSA) is 76.4 Å². The molecule has 0 fully saturated rings. The number of hydrogen-bond acceptors (Lipinski definition) is 5. The molecular weight excluding hydrogens is 514 g/mol. The molecule has 0 bridgehead atoms. The molecule has 0 aliphatic heterocycles. The second-order valence-corrected chi connectivity index (χ2v) is 9.66. The summed E-state index contributed by atoms with van der Waals surface area (Å²) in [5.74, 6) is 0.0587. The SMILES string of the molecule is CCOc1cc(/C=C(\C#N)c2ccc(Br)cc2)cc(Cl)c1OS(=O)(=O)c1ccc(C)cc1. The zero-order chi connectivity index (χ0) is 23.3. The van der Waals surface area contributed by atoms with Crippen LogP contribution < -0.4 is 8.92 Å². The molecule has 0 saturated heterocycles. The number of ether oxygens (including phenoxy) is 1. The standard InChI is InChI=1S/C24H19BrClNO4S/c1-3-30-23-14-17(12-19(15-27)18-6-8-20(25)9-7-18)13-22(26)24(23)31-32(28,29)21-10-4-16(2)5-11-21/h4-14H,3H2,1-2H3/b19-12+. The summed E-state index contributed by atoms with van der Waals surface area (Å²) in [4.78, 5) is 0.00703. The highest BCUT2D eigenvalue weighted by Gasteiger charge is 2.22. The van der Waals surface area contributed by atoms with Crippen LogP contribution in [0.2, 0.25) is 5.02 Å². The Balaban J connectivity index is 2.02. The van der Waals surface area contributed by atoms with E-state index in [0.717, 1.165) is 15.6 Å². The minimum atomic E-state index is -4.12. The lowest BCUT2D eigenvalue weighted by Gasteiger charge is -2.14. The van der Waals surface area contributed by atoms with E-state index in [4.69, 9.17) is 20.5 Å². The van der Waals surface area contributed by atoms with Gasteiger partial charge in [-0.05, 0) is 67.4 Å². The van der Waals surface area contributed by atoms with Crippen LogP contribution in [0, 0.1) is 18.3 Å². The third-order valence-corrected chi connectivity index (χ3v) is 6.47. The Kier molecular flexibility index (Phi) is 7.62. The highest BCUT2D eigenvalue weighted by atomic mass is 79.9. The van der Waals surface area contributed by atoms with Crippen molar-refractivity contribution in [3.8, 4) is 17.6 Å². The molecule has 0 aliphatic rings. The van der Waals surface area contributed by atoms with Gasteiger partial charge in [-0.25, -0.2) is 0 Å². The molecule has 0 aliphatic carbocycles. The maximum absolute atomic E-state index is 12.7. The fourth-order valence-electron chi connectivity index (χ4n) is 2.85. The van der Waals surface area contributed by atoms with Crippen LogP contribution in [0.4, 0.5) is 0 Å². The molecule has 0 unspecified atom stereocenters. The van der Waals surface area contributed by atoms with E-state index in [2.05, 4.69) is 22.0 Å². The van der Waals surface area contributed by atoms with Crippen molar-refractivity contribution in [1.29, 1.82) is 5.26 Å². The van der Waals surface area contributed by atoms with E-state index in [9.17, 15) is 13.7 Å². The van der Waals surface area contributed by atoms with Gasteiger partial charge in [-0.15, -0.1) is 0 Å². The predicted molar refractivity (Wildman–Crippen MR) is 129 cm³/mol. The first-order valence-corrected chi connectivity index (χ1v) is 12.2. The molecule has 0 aromatic heterocycles. The third-order valence-electron chi connectivity index (χ3n) is 4.42. The van der Waals surface area contributed by atoms with Gasteiger partial charge in [-0.3, -0.25) is 0 Å². The maximum atomic E-state index is 12.7. The van der Waals surface area contributed by atoms with E-state index in [-0.39, 0.29) is 28.0 Å². The summed E-state index contributed by atoms with van der Waals surface area (Å²) >= 11 is 9.77. The van der Waals surface area contributed by atoms with Crippen LogP contribution in [0.5, 0.6) is 11.5 Å². The first kappa shape index (κ1) is 23.9. The van der Waals surface area contributed by atoms with Gasteiger partial charge in [0.2, 0.25) is 5.75 Å². The quantitative estimate of drug-likeness (QED) is 0.194. The minimum absolute atomic E-state index is 0.00703. The predicted octanol–water partition coefficient (Wildman–Crippen LogP) is 6.64. The van der Waals surface area contributed by atoms with Crippen LogP contribution in [0.15, 0.2) is 70.0 Å². The van der Waals surface area contributed by atoms with Crippen LogP contribution >= 0.6 is 27.5 Å². The molecule has 164 valence electrons. The first-order chi connectivity index (χ1) is 15.2. The smallest absolute Gasteiger partial charge is 0.339 e. The highest BCUT2D eigenvalue weighted by Crippen LogP contribution is 2.39. The fraction of sp³-hybridized carbons (Fsp3) is 0.125. The van der Waals surface area contributed by atoms with Crippen molar-refractivity contribution in [2.75, 3.05) is 6.61 Å². The molecule has 3 aromatic rings. The van der Waals surface area contributed by atoms with Gasteiger partial charge in [0.05, 0.1) is 23.3 Å². The number of nitriles is 1. The Bertz CT molecular complexity index is 1300. The largest absolute Gasteiger partial charge is 0.490 e. The summed E-state index contributed by atoms with van der Waals surface area (Å²) < 4.78 is 37.3. The molecule has 0 radical (unpaired) electrons. The molecule has 3 aromatic carbocycles. The molecule has 8 heteroatoms. The Morgan fingerprint density at radius 1 is 1.12 bits per heavy atom. The molecule has 32 heavy (non-hydrogen) atoms. The molecule has 5 nitrogen and oxygen atoms in total. The number of hydrogen-bond donors (Lipinski definition) is 0.